The van der Waals surface area contributed by atoms with Gasteiger partial charge in [-0.2, -0.15) is 5.06 Å². The fourth-order valence-electron chi connectivity index (χ4n) is 2.25. The summed E-state index contributed by atoms with van der Waals surface area (Å²) in [6.07, 6.45) is 0. The van der Waals surface area contributed by atoms with E-state index in [0.717, 1.165) is 0 Å². The standard InChI is InChI=1S/C12H24N2O2/c1-10(2,3)13-8-11(4,5)14(16)12(6,7)9(13)15/h16H,8H2,1-7H3. The van der Waals surface area contributed by atoms with Crippen molar-refractivity contribution in [2.24, 2.45) is 0 Å². The van der Waals surface area contributed by atoms with E-state index in [2.05, 4.69) is 0 Å². The summed E-state index contributed by atoms with van der Waals surface area (Å²) in [6, 6.07) is 0. The van der Waals surface area contributed by atoms with Crippen LogP contribution >= 0.6 is 0 Å². The molecule has 1 amide bonds. The Bertz CT molecular complexity index is 303. The van der Waals surface area contributed by atoms with Gasteiger partial charge in [-0.15, -0.1) is 0 Å². The van der Waals surface area contributed by atoms with Crippen molar-refractivity contribution in [3.8, 4) is 0 Å². The Morgan fingerprint density at radius 2 is 1.62 bits per heavy atom. The van der Waals surface area contributed by atoms with Crippen molar-refractivity contribution < 1.29 is 10.0 Å². The molecule has 1 rings (SSSR count). The van der Waals surface area contributed by atoms with E-state index in [0.29, 0.717) is 6.54 Å². The molecule has 0 radical (unpaired) electrons. The minimum atomic E-state index is -0.866. The van der Waals surface area contributed by atoms with Gasteiger partial charge in [0, 0.05) is 12.1 Å². The quantitative estimate of drug-likeness (QED) is 0.688. The van der Waals surface area contributed by atoms with E-state index in [1.165, 1.54) is 5.06 Å². The molecule has 16 heavy (non-hydrogen) atoms. The van der Waals surface area contributed by atoms with Crippen LogP contribution in [-0.4, -0.2) is 44.2 Å². The number of piperazine rings is 1. The molecule has 1 aliphatic rings. The lowest BCUT2D eigenvalue weighted by molar-refractivity contribution is -0.252. The maximum absolute atomic E-state index is 12.3. The predicted octanol–water partition coefficient (Wildman–Crippen LogP) is 1.88. The van der Waals surface area contributed by atoms with Crippen LogP contribution in [0.1, 0.15) is 48.5 Å². The maximum atomic E-state index is 12.3. The van der Waals surface area contributed by atoms with Gasteiger partial charge in [0.25, 0.3) is 0 Å². The molecule has 1 heterocycles. The zero-order valence-corrected chi connectivity index (χ0v) is 11.5. The first-order valence-electron chi connectivity index (χ1n) is 5.72. The fourth-order valence-corrected chi connectivity index (χ4v) is 2.25. The second kappa shape index (κ2) is 3.44. The molecule has 0 bridgehead atoms. The molecule has 0 saturated carbocycles. The average Bonchev–Trinajstić information content (AvgIpc) is 2.08. The molecule has 4 heteroatoms. The Morgan fingerprint density at radius 3 is 2.00 bits per heavy atom. The minimum Gasteiger partial charge on any atom is -0.334 e. The van der Waals surface area contributed by atoms with Crippen LogP contribution in [0, 0.1) is 0 Å². The molecule has 1 saturated heterocycles. The largest absolute Gasteiger partial charge is 0.334 e. The Kier molecular flexibility index (Phi) is 2.89. The van der Waals surface area contributed by atoms with E-state index in [1.54, 1.807) is 13.8 Å². The third kappa shape index (κ3) is 1.96. The van der Waals surface area contributed by atoms with Crippen molar-refractivity contribution in [2.45, 2.75) is 65.1 Å². The van der Waals surface area contributed by atoms with Gasteiger partial charge in [0.2, 0.25) is 5.91 Å². The number of carbonyl (C=O) groups excluding carboxylic acids is 1. The Morgan fingerprint density at radius 1 is 1.19 bits per heavy atom. The summed E-state index contributed by atoms with van der Waals surface area (Å²) in [4.78, 5) is 14.2. The van der Waals surface area contributed by atoms with Gasteiger partial charge in [0.15, 0.2) is 0 Å². The highest BCUT2D eigenvalue weighted by molar-refractivity contribution is 5.87. The van der Waals surface area contributed by atoms with Crippen LogP contribution in [0.25, 0.3) is 0 Å². The SMILES string of the molecule is CC(C)(C)N1CC(C)(C)N(O)C(C)(C)C1=O. The number of hydrogen-bond donors (Lipinski definition) is 1. The molecule has 0 aromatic rings. The molecule has 0 aromatic carbocycles. The second-order valence-corrected chi connectivity index (χ2v) is 6.75. The molecule has 1 fully saturated rings. The van der Waals surface area contributed by atoms with Gasteiger partial charge < -0.3 is 10.1 Å². The highest BCUT2D eigenvalue weighted by Crippen LogP contribution is 2.34. The first-order valence-corrected chi connectivity index (χ1v) is 5.72. The van der Waals surface area contributed by atoms with Gasteiger partial charge >= 0.3 is 0 Å². The first-order chi connectivity index (χ1) is 6.90. The summed E-state index contributed by atoms with van der Waals surface area (Å²) < 4.78 is 0. The number of nitrogens with zero attached hydrogens (tertiary/aromatic N) is 2. The maximum Gasteiger partial charge on any atom is 0.245 e. The van der Waals surface area contributed by atoms with E-state index >= 15 is 0 Å². The van der Waals surface area contributed by atoms with Crippen molar-refractivity contribution in [3.05, 3.63) is 0 Å². The number of rotatable bonds is 0. The van der Waals surface area contributed by atoms with Crippen LogP contribution in [0.2, 0.25) is 0 Å². The lowest BCUT2D eigenvalue weighted by Gasteiger charge is -2.55. The van der Waals surface area contributed by atoms with Crippen LogP contribution in [0.4, 0.5) is 0 Å². The third-order valence-corrected chi connectivity index (χ3v) is 3.23. The van der Waals surface area contributed by atoms with Gasteiger partial charge in [0.05, 0.1) is 5.54 Å². The van der Waals surface area contributed by atoms with E-state index < -0.39 is 11.1 Å². The van der Waals surface area contributed by atoms with E-state index in [-0.39, 0.29) is 11.4 Å². The summed E-state index contributed by atoms with van der Waals surface area (Å²) in [5.41, 5.74) is -1.51. The highest BCUT2D eigenvalue weighted by Gasteiger charge is 2.52. The Labute approximate surface area is 98.2 Å². The van der Waals surface area contributed by atoms with Gasteiger partial charge in [0.1, 0.15) is 5.54 Å². The van der Waals surface area contributed by atoms with Crippen LogP contribution < -0.4 is 0 Å². The van der Waals surface area contributed by atoms with Crippen LogP contribution in [-0.2, 0) is 4.79 Å². The summed E-state index contributed by atoms with van der Waals surface area (Å²) in [5.74, 6) is -0.0261. The highest BCUT2D eigenvalue weighted by atomic mass is 16.5. The van der Waals surface area contributed by atoms with Crippen molar-refractivity contribution in [2.75, 3.05) is 6.54 Å². The summed E-state index contributed by atoms with van der Waals surface area (Å²) in [7, 11) is 0. The van der Waals surface area contributed by atoms with Gasteiger partial charge in [-0.1, -0.05) is 0 Å². The van der Waals surface area contributed by atoms with Crippen molar-refractivity contribution >= 4 is 5.91 Å². The molecule has 4 nitrogen and oxygen atoms in total. The molecule has 1 aliphatic heterocycles. The number of hydroxylamine groups is 2. The topological polar surface area (TPSA) is 43.8 Å². The van der Waals surface area contributed by atoms with Crippen molar-refractivity contribution in [3.63, 3.8) is 0 Å². The smallest absolute Gasteiger partial charge is 0.245 e. The van der Waals surface area contributed by atoms with E-state index in [4.69, 9.17) is 0 Å². The monoisotopic (exact) mass is 228 g/mol. The molecule has 0 unspecified atom stereocenters. The summed E-state index contributed by atoms with van der Waals surface area (Å²) in [5, 5.41) is 11.3. The Hall–Kier alpha value is -0.610. The molecule has 0 aromatic heterocycles. The van der Waals surface area contributed by atoms with Crippen LogP contribution in [0.5, 0.6) is 0 Å². The minimum absolute atomic E-state index is 0.0261. The van der Waals surface area contributed by atoms with Crippen LogP contribution in [0.15, 0.2) is 0 Å². The summed E-state index contributed by atoms with van der Waals surface area (Å²) >= 11 is 0. The number of amides is 1. The number of carbonyl (C=O) groups is 1. The zero-order chi connectivity index (χ0) is 12.9. The number of hydrogen-bond acceptors (Lipinski definition) is 3. The van der Waals surface area contributed by atoms with Crippen LogP contribution in [0.3, 0.4) is 0 Å². The summed E-state index contributed by atoms with van der Waals surface area (Å²) in [6.45, 7) is 14.0. The molecule has 0 spiro atoms. The molecule has 1 N–H and O–H groups in total. The fraction of sp³-hybridized carbons (Fsp3) is 0.917. The van der Waals surface area contributed by atoms with Crippen molar-refractivity contribution in [1.82, 2.24) is 9.96 Å². The first kappa shape index (κ1) is 13.5. The van der Waals surface area contributed by atoms with Gasteiger partial charge in [-0.3, -0.25) is 4.79 Å². The van der Waals surface area contributed by atoms with E-state index in [9.17, 15) is 10.0 Å². The van der Waals surface area contributed by atoms with E-state index in [1.807, 2.05) is 39.5 Å². The second-order valence-electron chi connectivity index (χ2n) is 6.75. The zero-order valence-electron chi connectivity index (χ0n) is 11.5. The van der Waals surface area contributed by atoms with Crippen molar-refractivity contribution in [1.29, 1.82) is 0 Å². The Balaban J connectivity index is 3.16. The molecular weight excluding hydrogens is 204 g/mol. The van der Waals surface area contributed by atoms with Gasteiger partial charge in [-0.05, 0) is 48.5 Å². The normalized spacial score (nSPS) is 26.0. The molecule has 94 valence electrons. The average molecular weight is 228 g/mol. The molecular formula is C12H24N2O2. The molecule has 0 aliphatic carbocycles. The van der Waals surface area contributed by atoms with Gasteiger partial charge in [-0.25, -0.2) is 0 Å². The third-order valence-electron chi connectivity index (χ3n) is 3.23. The lowest BCUT2D eigenvalue weighted by Crippen LogP contribution is -2.72. The lowest BCUT2D eigenvalue weighted by atomic mass is 9.86. The molecule has 0 atom stereocenters. The predicted molar refractivity (Wildman–Crippen MR) is 63.2 cm³/mol.